The Morgan fingerprint density at radius 2 is 0.849 bits per heavy atom. The molecule has 1 amide bonds. The van der Waals surface area contributed by atoms with Gasteiger partial charge >= 0.3 is 48.1 Å². The summed E-state index contributed by atoms with van der Waals surface area (Å²) in [5.41, 5.74) is 17.0. The van der Waals surface area contributed by atoms with Crippen molar-refractivity contribution >= 4 is 54.4 Å². The van der Waals surface area contributed by atoms with Crippen molar-refractivity contribution in [1.82, 2.24) is 5.32 Å². The summed E-state index contributed by atoms with van der Waals surface area (Å²) < 4.78 is 60.2. The maximum Gasteiger partial charge on any atom is 0.413 e. The molecular formula is C89H119N5O25. The number of rotatable bonds is 25. The van der Waals surface area contributed by atoms with Gasteiger partial charge in [0, 0.05) is 42.6 Å². The minimum absolute atomic E-state index is 0.00431. The van der Waals surface area contributed by atoms with Crippen molar-refractivity contribution in [2.75, 3.05) is 146 Å². The average molecular weight is 1660 g/mol. The summed E-state index contributed by atoms with van der Waals surface area (Å²) in [6.45, 7) is 26.1. The number of aliphatic carboxylic acids is 4. The number of methoxy groups -OCH3 is 1. The number of ether oxygens (including phenoxy) is 12. The number of carbonyl (C=O) groups is 8. The number of nitrogens with one attached hydrogen (secondary N) is 1. The molecular weight excluding hydrogens is 1540 g/mol. The first-order chi connectivity index (χ1) is 57.8. The molecule has 0 bridgehead atoms. The fourth-order valence-electron chi connectivity index (χ4n) is 19.6. The number of alkyl carbamates (subject to hydrolysis) is 1. The number of carboxylic acid groups (broad SMARTS) is 4. The first kappa shape index (κ1) is 91.3. The lowest BCUT2D eigenvalue weighted by atomic mass is 9.93. The van der Waals surface area contributed by atoms with Gasteiger partial charge in [-0.2, -0.15) is 4.79 Å². The highest BCUT2D eigenvalue weighted by molar-refractivity contribution is 6.20. The largest absolute Gasteiger partial charge is 0.481 e. The van der Waals surface area contributed by atoms with Gasteiger partial charge in [0.2, 0.25) is 6.04 Å². The molecule has 0 aromatic heterocycles. The highest BCUT2D eigenvalue weighted by atomic mass is 16.6. The van der Waals surface area contributed by atoms with E-state index in [1.54, 1.807) is 6.92 Å². The second-order valence-electron chi connectivity index (χ2n) is 33.6. The SMILES string of the molecule is C1=CCOC1.CCOC(=O)C1C2COCC21.CCOC(=O)C=[N+]=[N-].COC(=O)NC(C(=O)O)C1C2COCC21.NC(C(=O)O)C1C2COCC21.O=C(O)C(CCc1ccccc1)C1C2COCC21.O=C(O)C(CCc1ccccc1)C1C2COCC21.O=CC1C2COCC12.OCC1C2COCC12.[C-]#[N+]C(CCc1ccccc1)C1C2COCC21. The van der Waals surface area contributed by atoms with Crippen molar-refractivity contribution in [1.29, 1.82) is 0 Å². The molecule has 21 unspecified atom stereocenters. The maximum absolute atomic E-state index is 11.4. The topological polar surface area (TPSA) is 427 Å². The monoisotopic (exact) mass is 1660 g/mol. The number of aliphatic hydroxyl groups excluding tert-OH is 1. The lowest BCUT2D eigenvalue weighted by Crippen LogP contribution is -2.43. The predicted molar refractivity (Wildman–Crippen MR) is 426 cm³/mol. The van der Waals surface area contributed by atoms with E-state index in [2.05, 4.69) is 73.0 Å². The van der Waals surface area contributed by atoms with E-state index in [0.717, 1.165) is 149 Å². The van der Waals surface area contributed by atoms with Crippen LogP contribution in [-0.4, -0.2) is 249 Å². The van der Waals surface area contributed by atoms with Crippen LogP contribution in [0, 0.1) is 160 Å². The number of esters is 2. The molecule has 20 rings (SSSR count). The molecule has 16 fully saturated rings. The average Bonchev–Trinajstić information content (AvgIpc) is 1.59. The molecule has 30 nitrogen and oxygen atoms in total. The van der Waals surface area contributed by atoms with E-state index in [0.29, 0.717) is 153 Å². The van der Waals surface area contributed by atoms with Gasteiger partial charge in [0.25, 0.3) is 0 Å². The van der Waals surface area contributed by atoms with Gasteiger partial charge in [-0.3, -0.25) is 19.2 Å². The van der Waals surface area contributed by atoms with Gasteiger partial charge in [0.05, 0.1) is 157 Å². The number of carbonyl (C=O) groups excluding carboxylic acids is 4. The number of nitrogens with two attached hydrogens (primary N) is 1. The Bertz CT molecular complexity index is 3730. The molecule has 21 atom stereocenters. The Kier molecular flexibility index (Phi) is 34.5. The fraction of sp³-hybridized carbons (Fsp3) is 0.663. The molecule has 8 saturated carbocycles. The van der Waals surface area contributed by atoms with Crippen molar-refractivity contribution in [3.63, 3.8) is 0 Å². The maximum atomic E-state index is 11.4. The third-order valence-electron chi connectivity index (χ3n) is 26.9. The first-order valence-corrected chi connectivity index (χ1v) is 42.2. The Hall–Kier alpha value is -8.41. The number of hydrogen-bond donors (Lipinski definition) is 7. The molecule has 8 aliphatic carbocycles. The van der Waals surface area contributed by atoms with Crippen molar-refractivity contribution in [2.45, 2.75) is 70.5 Å². The van der Waals surface area contributed by atoms with E-state index < -0.39 is 48.0 Å². The highest BCUT2D eigenvalue weighted by Crippen LogP contribution is 2.59. The molecule has 0 radical (unpaired) electrons. The lowest BCUT2D eigenvalue weighted by Gasteiger charge is -2.15. The Labute approximate surface area is 694 Å². The van der Waals surface area contributed by atoms with Gasteiger partial charge in [0.15, 0.2) is 0 Å². The summed E-state index contributed by atoms with van der Waals surface area (Å²) in [5, 5.41) is 47.3. The molecule has 8 saturated heterocycles. The second kappa shape index (κ2) is 44.9. The molecule has 0 spiro atoms. The van der Waals surface area contributed by atoms with Crippen molar-refractivity contribution in [3.05, 3.63) is 137 Å². The van der Waals surface area contributed by atoms with E-state index >= 15 is 0 Å². The summed E-state index contributed by atoms with van der Waals surface area (Å²) in [7, 11) is 1.21. The molecule has 119 heavy (non-hydrogen) atoms. The highest BCUT2D eigenvalue weighted by Gasteiger charge is 2.64. The number of carboxylic acids is 4. The molecule has 30 heteroatoms. The number of fused-ring (bicyclic) bond motifs is 8. The number of aryl methyl sites for hydroxylation is 3. The van der Waals surface area contributed by atoms with Gasteiger partial charge in [-0.15, -0.1) is 0 Å². The van der Waals surface area contributed by atoms with Crippen LogP contribution >= 0.6 is 0 Å². The van der Waals surface area contributed by atoms with Crippen LogP contribution in [0.1, 0.15) is 49.8 Å². The zero-order valence-corrected chi connectivity index (χ0v) is 68.1. The summed E-state index contributed by atoms with van der Waals surface area (Å²) >= 11 is 0. The molecule has 8 N–H and O–H groups in total. The van der Waals surface area contributed by atoms with Gasteiger partial charge < -0.3 is 109 Å². The summed E-state index contributed by atoms with van der Waals surface area (Å²) in [6.07, 6.45) is 10.3. The minimum atomic E-state index is -1.01. The van der Waals surface area contributed by atoms with E-state index in [1.807, 2.05) is 61.5 Å². The smallest absolute Gasteiger partial charge is 0.413 e. The van der Waals surface area contributed by atoms with Crippen molar-refractivity contribution in [2.24, 2.45) is 160 Å². The zero-order chi connectivity index (χ0) is 84.7. The second-order valence-corrected chi connectivity index (χ2v) is 33.6. The Morgan fingerprint density at radius 3 is 1.16 bits per heavy atom. The summed E-state index contributed by atoms with van der Waals surface area (Å²) in [4.78, 5) is 92.8. The molecule has 650 valence electrons. The van der Waals surface area contributed by atoms with Crippen LogP contribution in [0.15, 0.2) is 103 Å². The van der Waals surface area contributed by atoms with Crippen LogP contribution in [0.5, 0.6) is 0 Å². The normalized spacial score (nSPS) is 34.0. The quantitative estimate of drug-likeness (QED) is 0.00655. The van der Waals surface area contributed by atoms with Crippen LogP contribution in [0.2, 0.25) is 0 Å². The van der Waals surface area contributed by atoms with Crippen LogP contribution < -0.4 is 11.1 Å². The Balaban J connectivity index is 0.000000132. The number of aldehydes is 1. The van der Waals surface area contributed by atoms with Gasteiger partial charge in [-0.1, -0.05) is 103 Å². The van der Waals surface area contributed by atoms with Gasteiger partial charge in [-0.05, 0) is 169 Å². The van der Waals surface area contributed by atoms with E-state index in [4.69, 9.17) is 80.5 Å². The predicted octanol–water partition coefficient (Wildman–Crippen LogP) is 7.02. The van der Waals surface area contributed by atoms with Crippen molar-refractivity contribution in [3.8, 4) is 0 Å². The van der Waals surface area contributed by atoms with E-state index in [1.165, 1.54) is 23.8 Å². The molecule has 17 aliphatic rings. The number of amides is 1. The zero-order valence-electron chi connectivity index (χ0n) is 68.1. The van der Waals surface area contributed by atoms with Crippen LogP contribution in [0.4, 0.5) is 4.79 Å². The third-order valence-corrected chi connectivity index (χ3v) is 26.9. The summed E-state index contributed by atoms with van der Waals surface area (Å²) in [6, 6.07) is 29.4. The molecule has 3 aromatic rings. The van der Waals surface area contributed by atoms with Crippen LogP contribution in [0.3, 0.4) is 0 Å². The number of benzene rings is 3. The van der Waals surface area contributed by atoms with Crippen LogP contribution in [-0.2, 0) is 110 Å². The van der Waals surface area contributed by atoms with E-state index in [-0.39, 0.29) is 53.4 Å². The minimum Gasteiger partial charge on any atom is -0.481 e. The van der Waals surface area contributed by atoms with Gasteiger partial charge in [-0.25, -0.2) is 21.0 Å². The van der Waals surface area contributed by atoms with Crippen molar-refractivity contribution < 1.29 is 126 Å². The third kappa shape index (κ3) is 25.1. The van der Waals surface area contributed by atoms with Crippen LogP contribution in [0.25, 0.3) is 10.4 Å². The number of nitrogens with zero attached hydrogens (tertiary/aromatic N) is 3. The summed E-state index contributed by atoms with van der Waals surface area (Å²) in [5.74, 6) is 6.96. The molecule has 9 aliphatic heterocycles. The fourth-order valence-corrected chi connectivity index (χ4v) is 19.6. The molecule has 9 heterocycles. The molecule has 3 aromatic carbocycles. The lowest BCUT2D eigenvalue weighted by molar-refractivity contribution is -0.146. The Morgan fingerprint density at radius 1 is 0.487 bits per heavy atom. The number of aliphatic hydroxyl groups is 1. The standard InChI is InChI=1S/C15H17NO.2C15H18O3.C9H13NO5.C8H12O3.C7H11NO3.C6H10O2.C6H8O2.C4H6N2O2.C4H6O/c1-16-14(15-12-9-17-10-13(12)15)8-7-11-5-3-2-4-6-11;2*16-15(17)11(14-12-8-18-9-13(12)14)7-6-10-4-2-1-3-5-10;1-14-9(13)10-7(8(11)12)6-4-2-15-3-5(4)6;1-2-11-8(9)7-5-3-10-4-6(5)7;8-6(7(9)10)5-3-1-11-2-4(3)5;2*7-1-4-5-2-8-3-6(4)5;1-2-8-4(7)3-6-5;1-2-4-5-3-1/h2-6,12-15H,7-10H2;2*1-5,11-14H,6-9H2,(H,16,17);4-7H,2-3H2,1H3,(H,10,13)(H,11,12);5-7H,2-4H2,1H3;3-6H,1-2,8H2,(H,9,10);4-7H,1-3H2;1,4-6H,2-3H2;3H,2H2,1H3;1-2H,3-4H2. The van der Waals surface area contributed by atoms with Gasteiger partial charge in [0.1, 0.15) is 18.4 Å². The number of hydrogen-bond acceptors (Lipinski definition) is 22. The first-order valence-electron chi connectivity index (χ1n) is 42.2. The van der Waals surface area contributed by atoms with E-state index in [9.17, 15) is 48.6 Å².